The summed E-state index contributed by atoms with van der Waals surface area (Å²) in [4.78, 5) is 2.32. The minimum atomic E-state index is -1.37. The number of unbranched alkanes of at least 4 members (excludes halogenated alkanes) is 6. The second-order valence-corrected chi connectivity index (χ2v) is 13.6. The summed E-state index contributed by atoms with van der Waals surface area (Å²) in [6.45, 7) is 7.88. The van der Waals surface area contributed by atoms with Gasteiger partial charge in [0.05, 0.1) is 12.2 Å². The molecule has 0 aliphatic heterocycles. The largest absolute Gasteiger partial charge is 0.400 e. The molecule has 0 aliphatic rings. The van der Waals surface area contributed by atoms with Crippen molar-refractivity contribution in [3.8, 4) is 0 Å². The molecule has 0 aliphatic carbocycles. The Bertz CT molecular complexity index is 355. The van der Waals surface area contributed by atoms with Crippen LogP contribution in [-0.4, -0.2) is 97.5 Å². The van der Waals surface area contributed by atoms with E-state index in [2.05, 4.69) is 25.8 Å². The molecule has 0 N–H and O–H groups in total. The number of rotatable bonds is 24. The Balaban J connectivity index is 3.59. The Labute approximate surface area is 202 Å². The highest BCUT2D eigenvalue weighted by molar-refractivity contribution is 6.44. The Morgan fingerprint density at radius 3 is 1.25 bits per heavy atom. The van der Waals surface area contributed by atoms with Crippen LogP contribution in [0.3, 0.4) is 0 Å². The second-order valence-electron chi connectivity index (χ2n) is 8.79. The molecule has 0 rings (SSSR count). The van der Waals surface area contributed by atoms with Crippen LogP contribution in [-0.2, 0) is 27.2 Å². The quantitative estimate of drug-likeness (QED) is 0.149. The van der Waals surface area contributed by atoms with E-state index in [1.165, 1.54) is 38.5 Å². The fourth-order valence-electron chi connectivity index (χ4n) is 3.82. The summed E-state index contributed by atoms with van der Waals surface area (Å²) in [5.74, 6) is 0. The molecule has 0 aromatic rings. The number of nitrogens with zero attached hydrogens (tertiary/aromatic N) is 1. The van der Waals surface area contributed by atoms with Gasteiger partial charge in [0.1, 0.15) is 0 Å². The third-order valence-electron chi connectivity index (χ3n) is 5.66. The van der Waals surface area contributed by atoms with Gasteiger partial charge in [-0.3, -0.25) is 0 Å². The van der Waals surface area contributed by atoms with Gasteiger partial charge in [-0.25, -0.2) is 0 Å². The lowest BCUT2D eigenvalue weighted by Crippen LogP contribution is -2.35. The Morgan fingerprint density at radius 1 is 0.562 bits per heavy atom. The standard InChI is InChI=1S/C23H53NO6Si2/c1-22(29-16-12-8-10-14-18-31(25-4)26-5)20-24(3)21-23(2)30-17-13-9-11-15-19-32(27-6)28-7/h22-23,31-32H,8-21H2,1-7H3. The Kier molecular flexibility index (Phi) is 23.0. The van der Waals surface area contributed by atoms with E-state index in [1.807, 2.05) is 0 Å². The van der Waals surface area contributed by atoms with Gasteiger partial charge in [-0.15, -0.1) is 0 Å². The maximum absolute atomic E-state index is 6.00. The summed E-state index contributed by atoms with van der Waals surface area (Å²) in [6.07, 6.45) is 10.0. The molecule has 0 heterocycles. The third-order valence-corrected chi connectivity index (χ3v) is 9.52. The fraction of sp³-hybridized carbons (Fsp3) is 1.00. The first-order valence-electron chi connectivity index (χ1n) is 12.5. The lowest BCUT2D eigenvalue weighted by molar-refractivity contribution is 0.0118. The first kappa shape index (κ1) is 32.2. The molecule has 2 atom stereocenters. The molecule has 0 amide bonds. The van der Waals surface area contributed by atoms with Crippen molar-refractivity contribution in [1.82, 2.24) is 4.90 Å². The zero-order valence-electron chi connectivity index (χ0n) is 22.1. The van der Waals surface area contributed by atoms with Gasteiger partial charge < -0.3 is 32.1 Å². The summed E-state index contributed by atoms with van der Waals surface area (Å²) in [7, 11) is 6.43. The molecule has 194 valence electrons. The van der Waals surface area contributed by atoms with E-state index in [1.54, 1.807) is 28.4 Å². The van der Waals surface area contributed by atoms with Crippen molar-refractivity contribution in [1.29, 1.82) is 0 Å². The Hall–Kier alpha value is 0.154. The molecule has 0 aromatic heterocycles. The van der Waals surface area contributed by atoms with Gasteiger partial charge in [-0.2, -0.15) is 0 Å². The van der Waals surface area contributed by atoms with Crippen LogP contribution >= 0.6 is 0 Å². The number of hydrogen-bond donors (Lipinski definition) is 0. The molecule has 0 saturated heterocycles. The average molecular weight is 496 g/mol. The third kappa shape index (κ3) is 19.6. The zero-order chi connectivity index (χ0) is 24.0. The summed E-state index contributed by atoms with van der Waals surface area (Å²) in [6, 6.07) is 2.19. The van der Waals surface area contributed by atoms with Crippen molar-refractivity contribution in [2.24, 2.45) is 0 Å². The molecule has 32 heavy (non-hydrogen) atoms. The molecule has 9 heteroatoms. The summed E-state index contributed by atoms with van der Waals surface area (Å²) >= 11 is 0. The van der Waals surface area contributed by atoms with Gasteiger partial charge in [0, 0.05) is 54.7 Å². The maximum Gasteiger partial charge on any atom is 0.320 e. The van der Waals surface area contributed by atoms with Gasteiger partial charge in [-0.1, -0.05) is 38.5 Å². The zero-order valence-corrected chi connectivity index (χ0v) is 24.4. The predicted octanol–water partition coefficient (Wildman–Crippen LogP) is 3.88. The summed E-state index contributed by atoms with van der Waals surface area (Å²) in [5, 5.41) is 0. The van der Waals surface area contributed by atoms with E-state index >= 15 is 0 Å². The van der Waals surface area contributed by atoms with Crippen LogP contribution in [0, 0.1) is 0 Å². The molecule has 0 spiro atoms. The van der Waals surface area contributed by atoms with E-state index in [0.29, 0.717) is 0 Å². The minimum absolute atomic E-state index is 0.248. The van der Waals surface area contributed by atoms with Gasteiger partial charge in [-0.05, 0) is 45.8 Å². The minimum Gasteiger partial charge on any atom is -0.400 e. The van der Waals surface area contributed by atoms with Crippen LogP contribution in [0.2, 0.25) is 12.1 Å². The molecule has 2 unspecified atom stereocenters. The van der Waals surface area contributed by atoms with E-state index in [9.17, 15) is 0 Å². The normalized spacial score (nSPS) is 14.1. The monoisotopic (exact) mass is 495 g/mol. The van der Waals surface area contributed by atoms with Crippen molar-refractivity contribution in [3.05, 3.63) is 0 Å². The molecule has 0 aromatic carbocycles. The smallest absolute Gasteiger partial charge is 0.320 e. The van der Waals surface area contributed by atoms with Gasteiger partial charge in [0.15, 0.2) is 0 Å². The van der Waals surface area contributed by atoms with Gasteiger partial charge in [0.2, 0.25) is 0 Å². The van der Waals surface area contributed by atoms with Crippen LogP contribution in [0.5, 0.6) is 0 Å². The van der Waals surface area contributed by atoms with Gasteiger partial charge >= 0.3 is 18.6 Å². The van der Waals surface area contributed by atoms with E-state index in [4.69, 9.17) is 27.2 Å². The van der Waals surface area contributed by atoms with Crippen molar-refractivity contribution < 1.29 is 27.2 Å². The van der Waals surface area contributed by atoms with Crippen LogP contribution < -0.4 is 0 Å². The molecule has 0 fully saturated rings. The number of hydrogen-bond acceptors (Lipinski definition) is 7. The topological polar surface area (TPSA) is 58.6 Å². The average Bonchev–Trinajstić information content (AvgIpc) is 2.77. The number of ether oxygens (including phenoxy) is 2. The summed E-state index contributed by atoms with van der Waals surface area (Å²) in [5.41, 5.74) is 0. The van der Waals surface area contributed by atoms with Gasteiger partial charge in [0.25, 0.3) is 0 Å². The van der Waals surface area contributed by atoms with E-state index in [0.717, 1.165) is 51.2 Å². The molecule has 0 saturated carbocycles. The number of likely N-dealkylation sites (N-methyl/N-ethyl adjacent to an activating group) is 1. The van der Waals surface area contributed by atoms with E-state index in [-0.39, 0.29) is 12.2 Å². The first-order valence-corrected chi connectivity index (χ1v) is 16.0. The molecule has 7 nitrogen and oxygen atoms in total. The van der Waals surface area contributed by atoms with Crippen molar-refractivity contribution >= 4 is 18.6 Å². The highest BCUT2D eigenvalue weighted by atomic mass is 28.3. The maximum atomic E-state index is 6.00. The molecule has 0 radical (unpaired) electrons. The Morgan fingerprint density at radius 2 is 0.906 bits per heavy atom. The van der Waals surface area contributed by atoms with Crippen molar-refractivity contribution in [2.45, 2.75) is 89.5 Å². The lowest BCUT2D eigenvalue weighted by Gasteiger charge is -2.24. The molecule has 0 bridgehead atoms. The van der Waals surface area contributed by atoms with Crippen LogP contribution in [0.1, 0.15) is 65.2 Å². The first-order chi connectivity index (χ1) is 15.5. The van der Waals surface area contributed by atoms with Crippen molar-refractivity contribution in [3.63, 3.8) is 0 Å². The predicted molar refractivity (Wildman–Crippen MR) is 137 cm³/mol. The molecular formula is C23H53NO6Si2. The van der Waals surface area contributed by atoms with Crippen molar-refractivity contribution in [2.75, 3.05) is 61.8 Å². The SMILES string of the molecule is CO[SiH](CCCCCCOC(C)CN(C)CC(C)OCCCCCC[SiH](OC)OC)OC. The second kappa shape index (κ2) is 22.9. The van der Waals surface area contributed by atoms with Crippen LogP contribution in [0.25, 0.3) is 0 Å². The highest BCUT2D eigenvalue weighted by Crippen LogP contribution is 2.09. The van der Waals surface area contributed by atoms with E-state index < -0.39 is 18.6 Å². The molecular weight excluding hydrogens is 442 g/mol. The summed E-state index contributed by atoms with van der Waals surface area (Å²) < 4.78 is 33.4. The van der Waals surface area contributed by atoms with Crippen LogP contribution in [0.4, 0.5) is 0 Å². The highest BCUT2D eigenvalue weighted by Gasteiger charge is 2.12. The van der Waals surface area contributed by atoms with Crippen LogP contribution in [0.15, 0.2) is 0 Å². The lowest BCUT2D eigenvalue weighted by atomic mass is 10.2. The fourth-order valence-corrected chi connectivity index (χ4v) is 6.40.